The second-order valence-electron chi connectivity index (χ2n) is 7.81. The first kappa shape index (κ1) is 21.5. The Morgan fingerprint density at radius 3 is 2.43 bits per heavy atom. The summed E-state index contributed by atoms with van der Waals surface area (Å²) in [6.07, 6.45) is 4.29. The highest BCUT2D eigenvalue weighted by molar-refractivity contribution is 7.89. The number of ether oxygens (including phenoxy) is 1. The Kier molecular flexibility index (Phi) is 6.87. The lowest BCUT2D eigenvalue weighted by atomic mass is 10.0. The molecule has 2 saturated heterocycles. The molecule has 0 bridgehead atoms. The van der Waals surface area contributed by atoms with E-state index < -0.39 is 10.0 Å². The summed E-state index contributed by atoms with van der Waals surface area (Å²) in [4.78, 5) is 16.8. The molecule has 0 atom stereocenters. The minimum atomic E-state index is -3.47. The van der Waals surface area contributed by atoms with Crippen molar-refractivity contribution in [1.82, 2.24) is 9.21 Å². The first-order valence-corrected chi connectivity index (χ1v) is 12.9. The molecule has 2 fully saturated rings. The molecule has 2 aliphatic rings. The van der Waals surface area contributed by atoms with Crippen LogP contribution in [0.2, 0.25) is 0 Å². The van der Waals surface area contributed by atoms with Crippen molar-refractivity contribution in [3.8, 4) is 0 Å². The Bertz CT molecular complexity index is 930. The first-order chi connectivity index (χ1) is 14.6. The SMILES string of the molecule is O=C(c1ccc(S(=O)(=O)N2CCCC2)cc1)N(CCc1cccs1)C1CCOCC1. The molecule has 30 heavy (non-hydrogen) atoms. The number of benzene rings is 1. The molecule has 1 aromatic heterocycles. The van der Waals surface area contributed by atoms with Gasteiger partial charge in [0, 0.05) is 49.3 Å². The van der Waals surface area contributed by atoms with E-state index in [0.717, 1.165) is 32.1 Å². The van der Waals surface area contributed by atoms with Crippen LogP contribution in [-0.4, -0.2) is 62.4 Å². The van der Waals surface area contributed by atoms with Crippen LogP contribution in [0.25, 0.3) is 0 Å². The number of sulfonamides is 1. The van der Waals surface area contributed by atoms with Crippen molar-refractivity contribution in [2.45, 2.75) is 43.0 Å². The Hall–Kier alpha value is -1.74. The zero-order valence-corrected chi connectivity index (χ0v) is 18.7. The normalized spacial score (nSPS) is 18.5. The van der Waals surface area contributed by atoms with Crippen LogP contribution >= 0.6 is 11.3 Å². The topological polar surface area (TPSA) is 66.9 Å². The van der Waals surface area contributed by atoms with Crippen LogP contribution in [0.5, 0.6) is 0 Å². The second kappa shape index (κ2) is 9.60. The summed E-state index contributed by atoms with van der Waals surface area (Å²) in [5, 5.41) is 2.05. The summed E-state index contributed by atoms with van der Waals surface area (Å²) < 4.78 is 32.5. The lowest BCUT2D eigenvalue weighted by Crippen LogP contribution is -2.44. The van der Waals surface area contributed by atoms with Gasteiger partial charge in [0.25, 0.3) is 5.91 Å². The molecule has 0 radical (unpaired) electrons. The number of thiophene rings is 1. The van der Waals surface area contributed by atoms with E-state index in [4.69, 9.17) is 4.74 Å². The van der Waals surface area contributed by atoms with Gasteiger partial charge in [-0.1, -0.05) is 6.07 Å². The maximum Gasteiger partial charge on any atom is 0.254 e. The fourth-order valence-corrected chi connectivity index (χ4v) is 6.36. The van der Waals surface area contributed by atoms with Crippen molar-refractivity contribution < 1.29 is 17.9 Å². The second-order valence-corrected chi connectivity index (χ2v) is 10.8. The summed E-state index contributed by atoms with van der Waals surface area (Å²) in [6.45, 7) is 3.13. The third-order valence-corrected chi connectivity index (χ3v) is 8.72. The molecule has 1 amide bonds. The first-order valence-electron chi connectivity index (χ1n) is 10.6. The molecular weight excluding hydrogens is 420 g/mol. The van der Waals surface area contributed by atoms with Crippen LogP contribution in [-0.2, 0) is 21.2 Å². The lowest BCUT2D eigenvalue weighted by molar-refractivity contribution is 0.0294. The van der Waals surface area contributed by atoms with Gasteiger partial charge in [-0.25, -0.2) is 8.42 Å². The average molecular weight is 449 g/mol. The number of carbonyl (C=O) groups excluding carboxylic acids is 1. The van der Waals surface area contributed by atoms with Crippen molar-refractivity contribution >= 4 is 27.3 Å². The van der Waals surface area contributed by atoms with E-state index in [1.54, 1.807) is 35.6 Å². The predicted octanol–water partition coefficient (Wildman–Crippen LogP) is 3.40. The maximum atomic E-state index is 13.3. The van der Waals surface area contributed by atoms with E-state index in [0.29, 0.717) is 38.4 Å². The van der Waals surface area contributed by atoms with Crippen LogP contribution in [0.4, 0.5) is 0 Å². The van der Waals surface area contributed by atoms with Crippen molar-refractivity contribution in [3.05, 3.63) is 52.2 Å². The summed E-state index contributed by atoms with van der Waals surface area (Å²) in [6, 6.07) is 10.7. The molecule has 6 nitrogen and oxygen atoms in total. The van der Waals surface area contributed by atoms with E-state index in [1.807, 2.05) is 11.0 Å². The van der Waals surface area contributed by atoms with Gasteiger partial charge in [0.05, 0.1) is 4.90 Å². The van der Waals surface area contributed by atoms with Crippen LogP contribution in [0.1, 0.15) is 40.9 Å². The van der Waals surface area contributed by atoms with Crippen LogP contribution in [0, 0.1) is 0 Å². The minimum Gasteiger partial charge on any atom is -0.381 e. The van der Waals surface area contributed by atoms with Crippen molar-refractivity contribution in [2.75, 3.05) is 32.8 Å². The quantitative estimate of drug-likeness (QED) is 0.651. The zero-order chi connectivity index (χ0) is 21.0. The molecule has 2 aromatic rings. The van der Waals surface area contributed by atoms with Gasteiger partial charge in [0.1, 0.15) is 0 Å². The van der Waals surface area contributed by atoms with E-state index in [2.05, 4.69) is 11.4 Å². The number of hydrogen-bond donors (Lipinski definition) is 0. The van der Waals surface area contributed by atoms with E-state index >= 15 is 0 Å². The van der Waals surface area contributed by atoms with Crippen LogP contribution < -0.4 is 0 Å². The molecule has 2 aliphatic heterocycles. The Balaban J connectivity index is 1.51. The molecule has 0 saturated carbocycles. The molecule has 0 aliphatic carbocycles. The smallest absolute Gasteiger partial charge is 0.254 e. The zero-order valence-electron chi connectivity index (χ0n) is 17.0. The largest absolute Gasteiger partial charge is 0.381 e. The number of carbonyl (C=O) groups is 1. The lowest BCUT2D eigenvalue weighted by Gasteiger charge is -2.34. The highest BCUT2D eigenvalue weighted by atomic mass is 32.2. The van der Waals surface area contributed by atoms with E-state index in [-0.39, 0.29) is 16.8 Å². The van der Waals surface area contributed by atoms with Gasteiger partial charge in [-0.15, -0.1) is 11.3 Å². The Labute approximate surface area is 182 Å². The number of nitrogens with zero attached hydrogens (tertiary/aromatic N) is 2. The third-order valence-electron chi connectivity index (χ3n) is 5.88. The van der Waals surface area contributed by atoms with Gasteiger partial charge in [0.2, 0.25) is 10.0 Å². The van der Waals surface area contributed by atoms with Gasteiger partial charge in [0.15, 0.2) is 0 Å². The molecule has 0 spiro atoms. The van der Waals surface area contributed by atoms with Gasteiger partial charge in [-0.05, 0) is 67.8 Å². The highest BCUT2D eigenvalue weighted by Crippen LogP contribution is 2.23. The fourth-order valence-electron chi connectivity index (χ4n) is 4.15. The standard InChI is InChI=1S/C22H28N2O4S2/c25-22(18-5-7-21(8-6-18)30(26,27)23-12-1-2-13-23)24(19-10-15-28-16-11-19)14-9-20-4-3-17-29-20/h3-8,17,19H,1-2,9-16H2. The van der Waals surface area contributed by atoms with Gasteiger partial charge in [-0.2, -0.15) is 4.31 Å². The highest BCUT2D eigenvalue weighted by Gasteiger charge is 2.29. The molecule has 0 unspecified atom stereocenters. The van der Waals surface area contributed by atoms with Crippen LogP contribution in [0.15, 0.2) is 46.7 Å². The van der Waals surface area contributed by atoms with Crippen LogP contribution in [0.3, 0.4) is 0 Å². The molecular formula is C22H28N2O4S2. The van der Waals surface area contributed by atoms with Crippen molar-refractivity contribution in [2.24, 2.45) is 0 Å². The fraction of sp³-hybridized carbons (Fsp3) is 0.500. The Morgan fingerprint density at radius 2 is 1.80 bits per heavy atom. The van der Waals surface area contributed by atoms with Crippen molar-refractivity contribution in [1.29, 1.82) is 0 Å². The number of rotatable bonds is 7. The average Bonchev–Trinajstić information content (AvgIpc) is 3.49. The predicted molar refractivity (Wildman–Crippen MR) is 117 cm³/mol. The van der Waals surface area contributed by atoms with E-state index in [9.17, 15) is 13.2 Å². The number of hydrogen-bond acceptors (Lipinski definition) is 5. The van der Waals surface area contributed by atoms with Crippen molar-refractivity contribution in [3.63, 3.8) is 0 Å². The molecule has 162 valence electrons. The third kappa shape index (κ3) is 4.77. The number of amides is 1. The minimum absolute atomic E-state index is 0.0384. The van der Waals surface area contributed by atoms with E-state index in [1.165, 1.54) is 9.18 Å². The summed E-state index contributed by atoms with van der Waals surface area (Å²) in [5.74, 6) is -0.0384. The van der Waals surface area contributed by atoms with Gasteiger partial charge < -0.3 is 9.64 Å². The summed E-state index contributed by atoms with van der Waals surface area (Å²) in [5.41, 5.74) is 0.535. The molecule has 3 heterocycles. The maximum absolute atomic E-state index is 13.3. The van der Waals surface area contributed by atoms with Gasteiger partial charge >= 0.3 is 0 Å². The molecule has 1 aromatic carbocycles. The monoisotopic (exact) mass is 448 g/mol. The summed E-state index contributed by atoms with van der Waals surface area (Å²) in [7, 11) is -3.47. The Morgan fingerprint density at radius 1 is 1.10 bits per heavy atom. The molecule has 0 N–H and O–H groups in total. The summed E-state index contributed by atoms with van der Waals surface area (Å²) >= 11 is 1.70. The van der Waals surface area contributed by atoms with Gasteiger partial charge in [-0.3, -0.25) is 4.79 Å². The molecule has 8 heteroatoms. The molecule has 4 rings (SSSR count).